The summed E-state index contributed by atoms with van der Waals surface area (Å²) in [4.78, 5) is 0. The predicted molar refractivity (Wildman–Crippen MR) is 229 cm³/mol. The second kappa shape index (κ2) is 26.6. The van der Waals surface area contributed by atoms with Gasteiger partial charge in [-0.2, -0.15) is 0 Å². The highest BCUT2D eigenvalue weighted by Gasteiger charge is 2.25. The van der Waals surface area contributed by atoms with Crippen LogP contribution in [0.5, 0.6) is 0 Å². The van der Waals surface area contributed by atoms with Crippen LogP contribution in [0.1, 0.15) is 207 Å². The number of hydrogen-bond acceptors (Lipinski definition) is 7. The Hall–Kier alpha value is -0.280. The van der Waals surface area contributed by atoms with E-state index in [1.54, 1.807) is 0 Å². The average molecular weight is 753 g/mol. The molecule has 1 rings (SSSR count). The molecule has 0 spiro atoms. The Morgan fingerprint density at radius 2 is 0.827 bits per heavy atom. The molecule has 0 atom stereocenters. The first-order chi connectivity index (χ1) is 22.4. The Balaban J connectivity index is -0.000000170. The lowest BCUT2D eigenvalue weighted by Gasteiger charge is -2.32. The Morgan fingerprint density at radius 3 is 0.923 bits per heavy atom. The molecule has 1 aliphatic rings. The van der Waals surface area contributed by atoms with E-state index in [0.717, 1.165) is 25.7 Å². The molecule has 0 aromatic rings. The minimum Gasteiger partial charge on any atom is -0.393 e. The molecule has 322 valence electrons. The highest BCUT2D eigenvalue weighted by atomic mass is 16.5. The van der Waals surface area contributed by atoms with Gasteiger partial charge in [-0.1, -0.05) is 13.8 Å². The standard InChI is InChI=1S/C8H18O2.C8H16O.2C8H18O.C7H16O.C6H14O/c1-7(2,3)10-8(4,5)6-9;1-8(2,3)9-6-7-4-5-7;1-7(2)6-9-8(3,4)5;1-7(2,3)9-8(4,5)6;1-6(2)8-7(3,4)5;1-5-7-6(2,3)4/h9H,6H2,1-5H3;7H,4-6H2,1-3H3;7H,6H2,1-5H3;1-6H3;6H,1-5H3;5H2,1-4H3. The van der Waals surface area contributed by atoms with E-state index >= 15 is 0 Å². The van der Waals surface area contributed by atoms with Crippen molar-refractivity contribution in [1.29, 1.82) is 0 Å². The van der Waals surface area contributed by atoms with Gasteiger partial charge in [0.1, 0.15) is 0 Å². The van der Waals surface area contributed by atoms with Gasteiger partial charge in [0.15, 0.2) is 0 Å². The lowest BCUT2D eigenvalue weighted by molar-refractivity contribution is -0.132. The van der Waals surface area contributed by atoms with E-state index in [2.05, 4.69) is 138 Å². The maximum atomic E-state index is 8.83. The average Bonchev–Trinajstić information content (AvgIpc) is 3.61. The van der Waals surface area contributed by atoms with E-state index in [9.17, 15) is 0 Å². The Morgan fingerprint density at radius 1 is 0.481 bits per heavy atom. The van der Waals surface area contributed by atoms with Crippen LogP contribution in [-0.2, 0) is 28.4 Å². The number of ether oxygens (including phenoxy) is 6. The van der Waals surface area contributed by atoms with Crippen molar-refractivity contribution in [1.82, 2.24) is 0 Å². The van der Waals surface area contributed by atoms with Gasteiger partial charge in [-0.15, -0.1) is 0 Å². The van der Waals surface area contributed by atoms with Gasteiger partial charge < -0.3 is 33.5 Å². The fraction of sp³-hybridized carbons (Fsp3) is 1.00. The lowest BCUT2D eigenvalue weighted by atomic mass is 10.1. The summed E-state index contributed by atoms with van der Waals surface area (Å²) in [6.45, 7) is 60.1. The van der Waals surface area contributed by atoms with Crippen molar-refractivity contribution in [3.8, 4) is 0 Å². The Bertz CT molecular complexity index is 766. The second-order valence-corrected chi connectivity index (χ2v) is 22.0. The molecule has 0 bridgehead atoms. The zero-order valence-electron chi connectivity index (χ0n) is 40.9. The summed E-state index contributed by atoms with van der Waals surface area (Å²) in [5.41, 5.74) is -0.448. The van der Waals surface area contributed by atoms with Crippen LogP contribution < -0.4 is 0 Å². The molecule has 7 heteroatoms. The van der Waals surface area contributed by atoms with Crippen molar-refractivity contribution in [2.24, 2.45) is 11.8 Å². The van der Waals surface area contributed by atoms with E-state index in [1.807, 2.05) is 55.4 Å². The molecule has 0 aromatic carbocycles. The molecule has 52 heavy (non-hydrogen) atoms. The van der Waals surface area contributed by atoms with Crippen LogP contribution in [0.25, 0.3) is 0 Å². The highest BCUT2D eigenvalue weighted by molar-refractivity contribution is 4.74. The third-order valence-electron chi connectivity index (χ3n) is 5.04. The molecule has 1 fully saturated rings. The van der Waals surface area contributed by atoms with Gasteiger partial charge in [-0.25, -0.2) is 0 Å². The number of aliphatic hydroxyl groups is 1. The summed E-state index contributed by atoms with van der Waals surface area (Å²) in [6.07, 6.45) is 3.11. The van der Waals surface area contributed by atoms with Gasteiger partial charge >= 0.3 is 0 Å². The maximum absolute atomic E-state index is 8.83. The van der Waals surface area contributed by atoms with Crippen molar-refractivity contribution in [3.63, 3.8) is 0 Å². The van der Waals surface area contributed by atoms with Crippen molar-refractivity contribution in [3.05, 3.63) is 0 Å². The molecule has 7 nitrogen and oxygen atoms in total. The van der Waals surface area contributed by atoms with Gasteiger partial charge in [0.2, 0.25) is 0 Å². The van der Waals surface area contributed by atoms with Crippen LogP contribution in [0, 0.1) is 11.8 Å². The van der Waals surface area contributed by atoms with Crippen molar-refractivity contribution < 1.29 is 33.5 Å². The molecule has 0 unspecified atom stereocenters. The third-order valence-corrected chi connectivity index (χ3v) is 5.04. The second-order valence-electron chi connectivity index (χ2n) is 22.0. The van der Waals surface area contributed by atoms with E-state index in [4.69, 9.17) is 33.5 Å². The molecule has 0 amide bonds. The van der Waals surface area contributed by atoms with Gasteiger partial charge in [0.25, 0.3) is 0 Å². The van der Waals surface area contributed by atoms with Crippen LogP contribution >= 0.6 is 0 Å². The monoisotopic (exact) mass is 753 g/mol. The normalized spacial score (nSPS) is 14.4. The SMILES string of the molecule is CC(C)(C)OC(C)(C)C.CC(C)(C)OC(C)(C)CO.CC(C)(C)OCC1CC1.CC(C)COC(C)(C)C.CC(C)OC(C)(C)C.CCOC(C)(C)C. The molecule has 0 saturated heterocycles. The molecule has 0 heterocycles. The van der Waals surface area contributed by atoms with Crippen LogP contribution in [0.3, 0.4) is 0 Å². The highest BCUT2D eigenvalue weighted by Crippen LogP contribution is 2.30. The molecule has 1 saturated carbocycles. The molecule has 0 radical (unpaired) electrons. The predicted octanol–water partition coefficient (Wildman–Crippen LogP) is 12.9. The summed E-state index contributed by atoms with van der Waals surface area (Å²) in [5.74, 6) is 1.54. The van der Waals surface area contributed by atoms with E-state index in [0.29, 0.717) is 12.0 Å². The van der Waals surface area contributed by atoms with Crippen molar-refractivity contribution in [2.75, 3.05) is 26.4 Å². The molecular formula is C45H100O7. The number of rotatable bonds is 8. The smallest absolute Gasteiger partial charge is 0.0863 e. The van der Waals surface area contributed by atoms with Gasteiger partial charge in [-0.3, -0.25) is 0 Å². The first kappa shape index (κ1) is 61.0. The third kappa shape index (κ3) is 78.7. The Labute approximate surface area is 328 Å². The zero-order valence-corrected chi connectivity index (χ0v) is 40.9. The molecule has 0 aliphatic heterocycles. The summed E-state index contributed by atoms with van der Waals surface area (Å²) >= 11 is 0. The van der Waals surface area contributed by atoms with Crippen LogP contribution in [0.4, 0.5) is 0 Å². The summed E-state index contributed by atoms with van der Waals surface area (Å²) in [7, 11) is 0. The summed E-state index contributed by atoms with van der Waals surface area (Å²) < 4.78 is 32.9. The zero-order chi connectivity index (χ0) is 43.2. The topological polar surface area (TPSA) is 75.6 Å². The first-order valence-corrected chi connectivity index (χ1v) is 20.1. The molecule has 1 N–H and O–H groups in total. The van der Waals surface area contributed by atoms with Crippen molar-refractivity contribution in [2.45, 2.75) is 258 Å². The van der Waals surface area contributed by atoms with Crippen LogP contribution in [0.15, 0.2) is 0 Å². The molecule has 0 aromatic heterocycles. The first-order valence-electron chi connectivity index (χ1n) is 20.1. The maximum Gasteiger partial charge on any atom is 0.0863 e. The number of hydrogen-bond donors (Lipinski definition) is 1. The van der Waals surface area contributed by atoms with Crippen LogP contribution in [-0.4, -0.2) is 82.4 Å². The minimum atomic E-state index is -0.418. The van der Waals surface area contributed by atoms with Gasteiger partial charge in [0, 0.05) is 13.2 Å². The summed E-state index contributed by atoms with van der Waals surface area (Å²) in [6, 6.07) is 0. The number of aliphatic hydroxyl groups excluding tert-OH is 1. The van der Waals surface area contributed by atoms with Gasteiger partial charge in [0.05, 0.1) is 64.1 Å². The minimum absolute atomic E-state index is 0.0156. The lowest BCUT2D eigenvalue weighted by Crippen LogP contribution is -2.37. The fourth-order valence-electron chi connectivity index (χ4n) is 3.99. The molecular weight excluding hydrogens is 652 g/mol. The van der Waals surface area contributed by atoms with E-state index in [-0.39, 0.29) is 45.8 Å². The van der Waals surface area contributed by atoms with Crippen molar-refractivity contribution >= 4 is 0 Å². The van der Waals surface area contributed by atoms with Gasteiger partial charge in [-0.05, 0) is 205 Å². The summed E-state index contributed by atoms with van der Waals surface area (Å²) in [5, 5.41) is 8.83. The Kier molecular flexibility index (Phi) is 31.1. The largest absolute Gasteiger partial charge is 0.393 e. The van der Waals surface area contributed by atoms with Crippen LogP contribution in [0.2, 0.25) is 0 Å². The van der Waals surface area contributed by atoms with E-state index < -0.39 is 5.60 Å². The quantitative estimate of drug-likeness (QED) is 0.264. The molecule has 1 aliphatic carbocycles. The fourth-order valence-corrected chi connectivity index (χ4v) is 3.99. The van der Waals surface area contributed by atoms with E-state index in [1.165, 1.54) is 12.8 Å².